The summed E-state index contributed by atoms with van der Waals surface area (Å²) in [7, 11) is 1.60. The Morgan fingerprint density at radius 2 is 1.97 bits per heavy atom. The van der Waals surface area contributed by atoms with E-state index in [1.54, 1.807) is 13.2 Å². The number of nitrogens with one attached hydrogen (secondary N) is 1. The van der Waals surface area contributed by atoms with Gasteiger partial charge in [0.25, 0.3) is 5.91 Å². The minimum Gasteiger partial charge on any atom is -0.508 e. The van der Waals surface area contributed by atoms with Crippen LogP contribution in [0.3, 0.4) is 0 Å². The second-order valence-corrected chi connectivity index (χ2v) is 11.3. The lowest BCUT2D eigenvalue weighted by atomic mass is 9.49. The fraction of sp³-hybridized carbons (Fsp3) is 0.483. The average molecular weight is 505 g/mol. The molecule has 2 bridgehead atoms. The van der Waals surface area contributed by atoms with Gasteiger partial charge in [0.15, 0.2) is 17.6 Å². The third-order valence-electron chi connectivity index (χ3n) is 9.40. The number of aliphatic hydroxyl groups excluding tert-OH is 1. The molecule has 1 amide bonds. The number of benzene rings is 2. The molecule has 0 unspecified atom stereocenters. The van der Waals surface area contributed by atoms with Crippen LogP contribution in [0.1, 0.15) is 42.4 Å². The smallest absolute Gasteiger partial charge is 0.251 e. The molecule has 2 fully saturated rings. The van der Waals surface area contributed by atoms with Crippen molar-refractivity contribution in [1.82, 2.24) is 10.2 Å². The van der Waals surface area contributed by atoms with Crippen molar-refractivity contribution in [3.63, 3.8) is 0 Å². The highest BCUT2D eigenvalue weighted by atomic mass is 16.5. The molecular formula is C29H32N2O6. The molecule has 7 rings (SSSR count). The summed E-state index contributed by atoms with van der Waals surface area (Å²) in [6, 6.07) is 10.8. The van der Waals surface area contributed by atoms with Gasteiger partial charge in [-0.25, -0.2) is 0 Å². The van der Waals surface area contributed by atoms with Crippen LogP contribution in [0, 0.1) is 5.92 Å². The van der Waals surface area contributed by atoms with Crippen molar-refractivity contribution < 1.29 is 29.6 Å². The summed E-state index contributed by atoms with van der Waals surface area (Å²) in [6.07, 6.45) is 2.75. The van der Waals surface area contributed by atoms with Gasteiger partial charge in [-0.2, -0.15) is 0 Å². The Balaban J connectivity index is 1.27. The van der Waals surface area contributed by atoms with E-state index in [1.807, 2.05) is 30.3 Å². The summed E-state index contributed by atoms with van der Waals surface area (Å²) in [5.74, 6) is 1.16. The molecule has 3 aliphatic carbocycles. The van der Waals surface area contributed by atoms with Crippen LogP contribution in [0.2, 0.25) is 0 Å². The summed E-state index contributed by atoms with van der Waals surface area (Å²) >= 11 is 0. The summed E-state index contributed by atoms with van der Waals surface area (Å²) in [5, 5.41) is 37.7. The molecular weight excluding hydrogens is 472 g/mol. The van der Waals surface area contributed by atoms with Crippen molar-refractivity contribution in [2.75, 3.05) is 20.2 Å². The van der Waals surface area contributed by atoms with E-state index < -0.39 is 23.0 Å². The summed E-state index contributed by atoms with van der Waals surface area (Å²) < 4.78 is 11.5. The first-order valence-electron chi connectivity index (χ1n) is 13.2. The highest BCUT2D eigenvalue weighted by Crippen LogP contribution is 2.66. The van der Waals surface area contributed by atoms with E-state index in [0.29, 0.717) is 24.5 Å². The van der Waals surface area contributed by atoms with Crippen molar-refractivity contribution in [1.29, 1.82) is 0 Å². The molecule has 4 N–H and O–H groups in total. The van der Waals surface area contributed by atoms with Crippen molar-refractivity contribution >= 4 is 5.91 Å². The lowest BCUT2D eigenvalue weighted by Crippen LogP contribution is -2.75. The van der Waals surface area contributed by atoms with E-state index in [-0.39, 0.29) is 36.1 Å². The van der Waals surface area contributed by atoms with Gasteiger partial charge in [0.05, 0.1) is 23.7 Å². The number of aromatic hydroxyl groups is 1. The van der Waals surface area contributed by atoms with Gasteiger partial charge in [0.2, 0.25) is 0 Å². The minimum atomic E-state index is -1.31. The van der Waals surface area contributed by atoms with Crippen molar-refractivity contribution in [3.8, 4) is 17.2 Å². The van der Waals surface area contributed by atoms with Crippen LogP contribution in [-0.4, -0.2) is 64.1 Å². The Bertz CT molecular complexity index is 1320. The molecule has 8 heteroatoms. The van der Waals surface area contributed by atoms with Gasteiger partial charge < -0.3 is 30.1 Å². The maximum absolute atomic E-state index is 13.5. The normalized spacial score (nSPS) is 31.5. The number of rotatable bonds is 6. The van der Waals surface area contributed by atoms with E-state index in [0.717, 1.165) is 35.5 Å². The quantitative estimate of drug-likeness (QED) is 0.479. The van der Waals surface area contributed by atoms with Crippen LogP contribution in [0.5, 0.6) is 17.2 Å². The summed E-state index contributed by atoms with van der Waals surface area (Å²) in [5.41, 5.74) is 0.700. The Morgan fingerprint density at radius 1 is 1.19 bits per heavy atom. The molecule has 2 aromatic carbocycles. The molecule has 4 atom stereocenters. The van der Waals surface area contributed by atoms with Gasteiger partial charge in [-0.1, -0.05) is 18.2 Å². The topological polar surface area (TPSA) is 111 Å². The van der Waals surface area contributed by atoms with E-state index >= 15 is 0 Å². The third-order valence-corrected chi connectivity index (χ3v) is 9.40. The second-order valence-electron chi connectivity index (χ2n) is 11.3. The second kappa shape index (κ2) is 7.88. The number of hydrogen-bond donors (Lipinski definition) is 4. The van der Waals surface area contributed by atoms with Gasteiger partial charge in [-0.15, -0.1) is 0 Å². The Hall–Kier alpha value is -3.23. The number of aliphatic hydroxyl groups is 2. The number of piperidine rings is 1. The number of amides is 1. The van der Waals surface area contributed by atoms with E-state index in [1.165, 1.54) is 12.8 Å². The number of phenols is 1. The molecule has 5 aliphatic rings. The Kier molecular flexibility index (Phi) is 4.89. The summed E-state index contributed by atoms with van der Waals surface area (Å²) in [6.45, 7) is 1.99. The molecule has 37 heavy (non-hydrogen) atoms. The lowest BCUT2D eigenvalue weighted by molar-refractivity contribution is -0.172. The summed E-state index contributed by atoms with van der Waals surface area (Å²) in [4.78, 5) is 15.8. The third kappa shape index (κ3) is 3.12. The van der Waals surface area contributed by atoms with E-state index in [2.05, 4.69) is 10.2 Å². The standard InChI is InChI=1S/C29H32N2O6/c1-36-19-7-4-16(5-8-19)14-30-27(34)20-13-29(35)22-12-18-6-9-21(32)25-23(18)28(29,26(37-25)24(20)33)10-11-31(22)15-17-2-3-17/h4-9,17,22,26,32-33,35H,2-3,10-15H2,1H3,(H,30,34)/t22-,26+,28+,29-/m1/s1. The van der Waals surface area contributed by atoms with Crippen LogP contribution < -0.4 is 14.8 Å². The Morgan fingerprint density at radius 3 is 2.70 bits per heavy atom. The van der Waals surface area contributed by atoms with Crippen LogP contribution in [-0.2, 0) is 23.2 Å². The highest BCUT2D eigenvalue weighted by Gasteiger charge is 2.73. The van der Waals surface area contributed by atoms with Crippen LogP contribution in [0.15, 0.2) is 47.7 Å². The lowest BCUT2D eigenvalue weighted by Gasteiger charge is -2.62. The number of carbonyl (C=O) groups excluding carboxylic acids is 1. The molecule has 194 valence electrons. The monoisotopic (exact) mass is 504 g/mol. The Labute approximate surface area is 215 Å². The fourth-order valence-electron chi connectivity index (χ4n) is 7.40. The zero-order chi connectivity index (χ0) is 25.5. The molecule has 1 spiro atoms. The first kappa shape index (κ1) is 22.9. The highest BCUT2D eigenvalue weighted by molar-refractivity contribution is 5.95. The van der Waals surface area contributed by atoms with Gasteiger partial charge >= 0.3 is 0 Å². The average Bonchev–Trinajstić information content (AvgIpc) is 3.64. The molecule has 2 aromatic rings. The van der Waals surface area contributed by atoms with E-state index in [4.69, 9.17) is 9.47 Å². The van der Waals surface area contributed by atoms with Crippen LogP contribution in [0.25, 0.3) is 0 Å². The van der Waals surface area contributed by atoms with Crippen molar-refractivity contribution in [2.45, 2.75) is 61.8 Å². The zero-order valence-electron chi connectivity index (χ0n) is 20.9. The number of carbonyl (C=O) groups is 1. The maximum Gasteiger partial charge on any atom is 0.251 e. The molecule has 1 saturated carbocycles. The first-order valence-corrected chi connectivity index (χ1v) is 13.2. The van der Waals surface area contributed by atoms with Gasteiger partial charge in [-0.3, -0.25) is 9.69 Å². The van der Waals surface area contributed by atoms with Crippen molar-refractivity contribution in [3.05, 3.63) is 64.4 Å². The molecule has 2 heterocycles. The molecule has 0 radical (unpaired) electrons. The van der Waals surface area contributed by atoms with Gasteiger partial charge in [0, 0.05) is 31.1 Å². The van der Waals surface area contributed by atoms with E-state index in [9.17, 15) is 20.1 Å². The predicted octanol–water partition coefficient (Wildman–Crippen LogP) is 2.70. The predicted molar refractivity (Wildman–Crippen MR) is 135 cm³/mol. The van der Waals surface area contributed by atoms with Gasteiger partial charge in [-0.05, 0) is 67.5 Å². The number of ether oxygens (including phenoxy) is 2. The SMILES string of the molecule is COc1ccc(CNC(=O)C2=C(O)[C@@H]3Oc4c(O)ccc5c4[C@@]34CCN(CC3CC3)[C@H](C5)[C@]4(O)C2)cc1. The van der Waals surface area contributed by atoms with Gasteiger partial charge in [0.1, 0.15) is 11.5 Å². The molecule has 1 saturated heterocycles. The minimum absolute atomic E-state index is 0.00189. The number of phenolic OH excluding ortho intramolecular Hbond substituents is 1. The number of hydrogen-bond acceptors (Lipinski definition) is 7. The first-order chi connectivity index (χ1) is 17.9. The van der Waals surface area contributed by atoms with Crippen LogP contribution in [0.4, 0.5) is 0 Å². The van der Waals surface area contributed by atoms with Crippen molar-refractivity contribution in [2.24, 2.45) is 5.92 Å². The largest absolute Gasteiger partial charge is 0.508 e. The molecule has 8 nitrogen and oxygen atoms in total. The maximum atomic E-state index is 13.5. The van der Waals surface area contributed by atoms with Crippen LogP contribution >= 0.6 is 0 Å². The number of methoxy groups -OCH3 is 1. The molecule has 2 aliphatic heterocycles. The number of likely N-dealkylation sites (tertiary alicyclic amines) is 1. The zero-order valence-corrected chi connectivity index (χ0v) is 20.9. The fourth-order valence-corrected chi connectivity index (χ4v) is 7.40. The molecule has 0 aromatic heterocycles. The number of nitrogens with zero attached hydrogens (tertiary/aromatic N) is 1.